The van der Waals surface area contributed by atoms with Gasteiger partial charge < -0.3 is 9.15 Å². The third-order valence-electron chi connectivity index (χ3n) is 4.48. The first-order valence-corrected chi connectivity index (χ1v) is 9.86. The Kier molecular flexibility index (Phi) is 7.16. The zero-order valence-electron chi connectivity index (χ0n) is 17.1. The molecule has 1 amide bonds. The summed E-state index contributed by atoms with van der Waals surface area (Å²) in [7, 11) is 0. The van der Waals surface area contributed by atoms with Crippen molar-refractivity contribution < 1.29 is 18.7 Å². The van der Waals surface area contributed by atoms with Gasteiger partial charge in [0.05, 0.1) is 24.8 Å². The summed E-state index contributed by atoms with van der Waals surface area (Å²) >= 11 is 0. The Morgan fingerprint density at radius 2 is 1.67 bits per heavy atom. The Morgan fingerprint density at radius 1 is 0.967 bits per heavy atom. The first kappa shape index (κ1) is 21.0. The van der Waals surface area contributed by atoms with Crippen LogP contribution in [0.5, 0.6) is 0 Å². The van der Waals surface area contributed by atoms with Crippen LogP contribution < -0.4 is 5.43 Å². The van der Waals surface area contributed by atoms with Crippen LogP contribution in [0.3, 0.4) is 0 Å². The van der Waals surface area contributed by atoms with E-state index in [1.54, 1.807) is 43.3 Å². The molecular weight excluding hydrogens is 380 g/mol. The van der Waals surface area contributed by atoms with Gasteiger partial charge in [-0.1, -0.05) is 43.3 Å². The van der Waals surface area contributed by atoms with Gasteiger partial charge in [-0.3, -0.25) is 4.79 Å². The van der Waals surface area contributed by atoms with Gasteiger partial charge >= 0.3 is 5.97 Å². The van der Waals surface area contributed by atoms with Crippen molar-refractivity contribution in [1.82, 2.24) is 5.43 Å². The van der Waals surface area contributed by atoms with Crippen molar-refractivity contribution in [1.29, 1.82) is 0 Å². The van der Waals surface area contributed by atoms with E-state index in [1.807, 2.05) is 24.3 Å². The number of hydrogen-bond acceptors (Lipinski definition) is 5. The number of hydrogen-bond donors (Lipinski definition) is 1. The molecule has 3 rings (SSSR count). The molecule has 0 unspecified atom stereocenters. The van der Waals surface area contributed by atoms with Crippen molar-refractivity contribution in [2.75, 3.05) is 6.61 Å². The van der Waals surface area contributed by atoms with Gasteiger partial charge in [-0.05, 0) is 48.7 Å². The highest BCUT2D eigenvalue weighted by Gasteiger charge is 2.08. The van der Waals surface area contributed by atoms with Crippen LogP contribution in [-0.2, 0) is 22.4 Å². The lowest BCUT2D eigenvalue weighted by molar-refractivity contribution is -0.120. The number of aryl methyl sites for hydroxylation is 1. The molecule has 154 valence electrons. The van der Waals surface area contributed by atoms with Crippen LogP contribution in [0.15, 0.2) is 70.2 Å². The summed E-state index contributed by atoms with van der Waals surface area (Å²) in [6.07, 6.45) is 2.68. The van der Waals surface area contributed by atoms with Crippen LogP contribution in [0.25, 0.3) is 11.3 Å². The molecule has 0 fully saturated rings. The highest BCUT2D eigenvalue weighted by atomic mass is 16.5. The Labute approximate surface area is 175 Å². The molecule has 0 bridgehead atoms. The summed E-state index contributed by atoms with van der Waals surface area (Å²) in [5, 5.41) is 3.96. The summed E-state index contributed by atoms with van der Waals surface area (Å²) in [6.45, 7) is 4.20. The van der Waals surface area contributed by atoms with E-state index in [2.05, 4.69) is 17.5 Å². The van der Waals surface area contributed by atoms with Gasteiger partial charge in [-0.15, -0.1) is 0 Å². The molecule has 0 aliphatic rings. The predicted molar refractivity (Wildman–Crippen MR) is 115 cm³/mol. The van der Waals surface area contributed by atoms with Crippen LogP contribution in [-0.4, -0.2) is 24.7 Å². The highest BCUT2D eigenvalue weighted by molar-refractivity contribution is 5.90. The van der Waals surface area contributed by atoms with Gasteiger partial charge in [0, 0.05) is 5.56 Å². The lowest BCUT2D eigenvalue weighted by atomic mass is 10.1. The number of hydrazone groups is 1. The van der Waals surface area contributed by atoms with E-state index in [-0.39, 0.29) is 18.3 Å². The highest BCUT2D eigenvalue weighted by Crippen LogP contribution is 2.22. The molecule has 0 spiro atoms. The van der Waals surface area contributed by atoms with Crippen LogP contribution >= 0.6 is 0 Å². The van der Waals surface area contributed by atoms with E-state index < -0.39 is 0 Å². The van der Waals surface area contributed by atoms with Crippen LogP contribution in [0.2, 0.25) is 0 Å². The number of nitrogens with one attached hydrogen (secondary N) is 1. The lowest BCUT2D eigenvalue weighted by Gasteiger charge is -2.02. The summed E-state index contributed by atoms with van der Waals surface area (Å²) < 4.78 is 10.7. The fraction of sp³-hybridized carbons (Fsp3) is 0.208. The van der Waals surface area contributed by atoms with E-state index in [0.717, 1.165) is 17.5 Å². The zero-order valence-corrected chi connectivity index (χ0v) is 17.1. The van der Waals surface area contributed by atoms with E-state index in [4.69, 9.17) is 9.15 Å². The molecule has 0 aliphatic carbocycles. The minimum Gasteiger partial charge on any atom is -0.462 e. The molecular formula is C24H24N2O4. The molecule has 1 N–H and O–H groups in total. The number of furan rings is 1. The molecule has 1 aromatic heterocycles. The van der Waals surface area contributed by atoms with Crippen molar-refractivity contribution >= 4 is 18.1 Å². The number of benzene rings is 2. The molecule has 1 heterocycles. The number of esters is 1. The predicted octanol–water partition coefficient (Wildman–Crippen LogP) is 4.38. The molecule has 0 atom stereocenters. The maximum absolute atomic E-state index is 12.0. The fourth-order valence-electron chi connectivity index (χ4n) is 2.85. The number of ether oxygens (including phenoxy) is 1. The van der Waals surface area contributed by atoms with Gasteiger partial charge in [0.1, 0.15) is 11.5 Å². The van der Waals surface area contributed by atoms with E-state index >= 15 is 0 Å². The number of nitrogens with zero attached hydrogens (tertiary/aromatic N) is 1. The van der Waals surface area contributed by atoms with Gasteiger partial charge in [-0.2, -0.15) is 5.10 Å². The Bertz CT molecular complexity index is 1020. The minimum absolute atomic E-state index is 0.197. The van der Waals surface area contributed by atoms with Crippen LogP contribution in [0, 0.1) is 0 Å². The topological polar surface area (TPSA) is 80.9 Å². The summed E-state index contributed by atoms with van der Waals surface area (Å²) in [5.41, 5.74) is 5.99. The molecule has 0 radical (unpaired) electrons. The smallest absolute Gasteiger partial charge is 0.338 e. The molecule has 2 aromatic carbocycles. The quantitative estimate of drug-likeness (QED) is 0.343. The molecule has 3 aromatic rings. The standard InChI is InChI=1S/C24H24N2O4/c1-3-17-5-7-18(8-6-17)15-23(27)26-25-16-21-13-14-22(30-21)19-9-11-20(12-10-19)24(28)29-4-2/h5-14,16H,3-4,15H2,1-2H3,(H,26,27)/b25-16-. The molecule has 6 heteroatoms. The second kappa shape index (κ2) is 10.2. The SMILES string of the molecule is CCOC(=O)c1ccc(-c2ccc(/C=N\NC(=O)Cc3ccc(CC)cc3)o2)cc1. The first-order valence-electron chi connectivity index (χ1n) is 9.86. The van der Waals surface area contributed by atoms with Gasteiger partial charge in [-0.25, -0.2) is 10.2 Å². The van der Waals surface area contributed by atoms with Crippen molar-refractivity contribution in [2.24, 2.45) is 5.10 Å². The molecule has 6 nitrogen and oxygen atoms in total. The Balaban J connectivity index is 1.54. The first-order chi connectivity index (χ1) is 14.6. The number of carbonyl (C=O) groups is 2. The van der Waals surface area contributed by atoms with Crippen molar-refractivity contribution in [3.05, 3.63) is 83.1 Å². The van der Waals surface area contributed by atoms with Gasteiger partial charge in [0.25, 0.3) is 0 Å². The Hall–Kier alpha value is -3.67. The fourth-order valence-corrected chi connectivity index (χ4v) is 2.85. The third kappa shape index (κ3) is 5.67. The molecule has 30 heavy (non-hydrogen) atoms. The minimum atomic E-state index is -0.353. The largest absolute Gasteiger partial charge is 0.462 e. The third-order valence-corrected chi connectivity index (χ3v) is 4.48. The second-order valence-corrected chi connectivity index (χ2v) is 6.64. The average molecular weight is 404 g/mol. The number of rotatable bonds is 8. The molecule has 0 saturated heterocycles. The summed E-state index contributed by atoms with van der Waals surface area (Å²) in [4.78, 5) is 23.7. The molecule has 0 saturated carbocycles. The van der Waals surface area contributed by atoms with E-state index in [1.165, 1.54) is 11.8 Å². The Morgan fingerprint density at radius 3 is 2.33 bits per heavy atom. The lowest BCUT2D eigenvalue weighted by Crippen LogP contribution is -2.19. The maximum Gasteiger partial charge on any atom is 0.338 e. The molecule has 0 aliphatic heterocycles. The van der Waals surface area contributed by atoms with Crippen molar-refractivity contribution in [3.63, 3.8) is 0 Å². The van der Waals surface area contributed by atoms with Gasteiger partial charge in [0.15, 0.2) is 0 Å². The van der Waals surface area contributed by atoms with Crippen molar-refractivity contribution in [2.45, 2.75) is 26.7 Å². The normalized spacial score (nSPS) is 10.9. The van der Waals surface area contributed by atoms with E-state index in [0.29, 0.717) is 23.7 Å². The van der Waals surface area contributed by atoms with Crippen molar-refractivity contribution in [3.8, 4) is 11.3 Å². The van der Waals surface area contributed by atoms with Crippen LogP contribution in [0.4, 0.5) is 0 Å². The summed E-state index contributed by atoms with van der Waals surface area (Å²) in [6, 6.07) is 18.5. The van der Waals surface area contributed by atoms with Crippen LogP contribution in [0.1, 0.15) is 41.1 Å². The zero-order chi connectivity index (χ0) is 21.3. The van der Waals surface area contributed by atoms with Gasteiger partial charge in [0.2, 0.25) is 5.91 Å². The average Bonchev–Trinajstić information content (AvgIpc) is 3.23. The number of amides is 1. The second-order valence-electron chi connectivity index (χ2n) is 6.64. The maximum atomic E-state index is 12.0. The monoisotopic (exact) mass is 404 g/mol. The summed E-state index contributed by atoms with van der Waals surface area (Å²) in [5.74, 6) is 0.589. The van der Waals surface area contributed by atoms with E-state index in [9.17, 15) is 9.59 Å². The number of carbonyl (C=O) groups excluding carboxylic acids is 2.